The lowest BCUT2D eigenvalue weighted by Gasteiger charge is -2.49. The van der Waals surface area contributed by atoms with Crippen molar-refractivity contribution in [1.29, 1.82) is 0 Å². The van der Waals surface area contributed by atoms with Gasteiger partial charge in [0.05, 0.1) is 18.9 Å². The number of aromatic nitrogens is 1. The second kappa shape index (κ2) is 4.30. The zero-order valence-electron chi connectivity index (χ0n) is 11.0. The third-order valence-corrected chi connectivity index (χ3v) is 4.31. The molecule has 2 saturated heterocycles. The molecule has 2 unspecified atom stereocenters. The zero-order chi connectivity index (χ0) is 12.8. The van der Waals surface area contributed by atoms with Crippen LogP contribution >= 0.6 is 0 Å². The summed E-state index contributed by atoms with van der Waals surface area (Å²) in [6, 6.07) is 4.57. The number of hydrogen-bond donors (Lipinski definition) is 1. The molecule has 18 heavy (non-hydrogen) atoms. The van der Waals surface area contributed by atoms with E-state index in [1.165, 1.54) is 0 Å². The van der Waals surface area contributed by atoms with Crippen molar-refractivity contribution in [3.63, 3.8) is 0 Å². The molecule has 0 aliphatic carbocycles. The third-order valence-electron chi connectivity index (χ3n) is 4.31. The number of rotatable bonds is 1. The Bertz CT molecular complexity index is 418. The fourth-order valence-electron chi connectivity index (χ4n) is 3.09. The van der Waals surface area contributed by atoms with Crippen LogP contribution in [-0.2, 0) is 10.3 Å². The fraction of sp³-hybridized carbons (Fsp3) is 0.643. The van der Waals surface area contributed by atoms with Gasteiger partial charge in [-0.15, -0.1) is 0 Å². The molecular weight excluding hydrogens is 228 g/mol. The molecule has 2 aliphatic heterocycles. The van der Waals surface area contributed by atoms with Crippen molar-refractivity contribution in [1.82, 2.24) is 9.88 Å². The lowest BCUT2D eigenvalue weighted by atomic mass is 9.79. The number of aliphatic hydroxyl groups is 1. The van der Waals surface area contributed by atoms with Gasteiger partial charge in [0.15, 0.2) is 0 Å². The standard InChI is InChI=1S/C14H20N2O2/c1-10-3-4-13(15-7-10)14(17)5-11-8-18-9-12(6-14)16(11)2/h3-4,7,11-12,17H,5-6,8-9H2,1-2H3. The van der Waals surface area contributed by atoms with Crippen molar-refractivity contribution < 1.29 is 9.84 Å². The number of likely N-dealkylation sites (N-methyl/N-ethyl adjacent to an activating group) is 1. The van der Waals surface area contributed by atoms with Gasteiger partial charge < -0.3 is 9.84 Å². The molecule has 3 rings (SSSR count). The Morgan fingerprint density at radius 1 is 1.33 bits per heavy atom. The van der Waals surface area contributed by atoms with Crippen LogP contribution in [0.5, 0.6) is 0 Å². The van der Waals surface area contributed by atoms with E-state index in [4.69, 9.17) is 4.74 Å². The van der Waals surface area contributed by atoms with E-state index in [9.17, 15) is 5.11 Å². The molecule has 2 aliphatic rings. The first-order valence-electron chi connectivity index (χ1n) is 6.54. The molecule has 2 fully saturated rings. The highest BCUT2D eigenvalue weighted by atomic mass is 16.5. The summed E-state index contributed by atoms with van der Waals surface area (Å²) in [6.45, 7) is 3.43. The van der Waals surface area contributed by atoms with E-state index in [0.717, 1.165) is 11.3 Å². The highest BCUT2D eigenvalue weighted by Gasteiger charge is 2.46. The van der Waals surface area contributed by atoms with Crippen LogP contribution in [0.15, 0.2) is 18.3 Å². The molecule has 98 valence electrons. The van der Waals surface area contributed by atoms with Gasteiger partial charge in [0.1, 0.15) is 5.60 Å². The summed E-state index contributed by atoms with van der Waals surface area (Å²) < 4.78 is 5.58. The Hall–Kier alpha value is -0.970. The minimum Gasteiger partial charge on any atom is -0.383 e. The first-order valence-corrected chi connectivity index (χ1v) is 6.54. The first kappa shape index (κ1) is 12.1. The summed E-state index contributed by atoms with van der Waals surface area (Å²) in [5.41, 5.74) is 1.14. The van der Waals surface area contributed by atoms with Crippen molar-refractivity contribution >= 4 is 0 Å². The Morgan fingerprint density at radius 2 is 2.00 bits per heavy atom. The van der Waals surface area contributed by atoms with Crippen LogP contribution in [-0.4, -0.2) is 47.3 Å². The number of ether oxygens (including phenoxy) is 1. The van der Waals surface area contributed by atoms with Gasteiger partial charge in [-0.1, -0.05) is 6.07 Å². The predicted octanol–water partition coefficient (Wildman–Crippen LogP) is 1.07. The maximum atomic E-state index is 10.9. The molecule has 3 heterocycles. The van der Waals surface area contributed by atoms with Crippen molar-refractivity contribution in [2.24, 2.45) is 0 Å². The number of piperidine rings is 1. The van der Waals surface area contributed by atoms with Gasteiger partial charge in [0, 0.05) is 18.3 Å². The van der Waals surface area contributed by atoms with Gasteiger partial charge in [-0.25, -0.2) is 0 Å². The normalized spacial score (nSPS) is 36.6. The number of morpholine rings is 1. The average molecular weight is 248 g/mol. The Balaban J connectivity index is 1.89. The second-order valence-electron chi connectivity index (χ2n) is 5.67. The molecule has 4 heteroatoms. The molecule has 0 amide bonds. The van der Waals surface area contributed by atoms with Crippen LogP contribution in [0.2, 0.25) is 0 Å². The van der Waals surface area contributed by atoms with Gasteiger partial charge >= 0.3 is 0 Å². The minimum absolute atomic E-state index is 0.297. The first-order chi connectivity index (χ1) is 8.58. The fourth-order valence-corrected chi connectivity index (χ4v) is 3.09. The van der Waals surface area contributed by atoms with Crippen molar-refractivity contribution in [2.45, 2.75) is 37.5 Å². The van der Waals surface area contributed by atoms with Crippen LogP contribution in [0.25, 0.3) is 0 Å². The highest BCUT2D eigenvalue weighted by Crippen LogP contribution is 2.39. The molecule has 1 N–H and O–H groups in total. The number of pyridine rings is 1. The SMILES string of the molecule is Cc1ccc(C2(O)CC3COCC(C2)N3C)nc1. The molecule has 0 radical (unpaired) electrons. The van der Waals surface area contributed by atoms with Crippen LogP contribution < -0.4 is 0 Å². The maximum absolute atomic E-state index is 10.9. The van der Waals surface area contributed by atoms with E-state index >= 15 is 0 Å². The summed E-state index contributed by atoms with van der Waals surface area (Å²) in [6.07, 6.45) is 3.24. The van der Waals surface area contributed by atoms with Crippen LogP contribution in [0.1, 0.15) is 24.1 Å². The molecular formula is C14H20N2O2. The molecule has 0 saturated carbocycles. The number of fused-ring (bicyclic) bond motifs is 2. The molecule has 0 aromatic carbocycles. The smallest absolute Gasteiger partial charge is 0.110 e. The molecule has 2 bridgehead atoms. The van der Waals surface area contributed by atoms with Crippen LogP contribution in [0, 0.1) is 6.92 Å². The lowest BCUT2D eigenvalue weighted by Crippen LogP contribution is -2.59. The van der Waals surface area contributed by atoms with E-state index in [1.807, 2.05) is 25.3 Å². The Kier molecular flexibility index (Phi) is 2.88. The zero-order valence-corrected chi connectivity index (χ0v) is 11.0. The van der Waals surface area contributed by atoms with Gasteiger partial charge in [-0.2, -0.15) is 0 Å². The average Bonchev–Trinajstić information content (AvgIpc) is 2.32. The van der Waals surface area contributed by atoms with Crippen molar-refractivity contribution in [2.75, 3.05) is 20.3 Å². The van der Waals surface area contributed by atoms with E-state index < -0.39 is 5.60 Å². The Morgan fingerprint density at radius 3 is 2.56 bits per heavy atom. The predicted molar refractivity (Wildman–Crippen MR) is 68.3 cm³/mol. The van der Waals surface area contributed by atoms with E-state index in [2.05, 4.69) is 16.9 Å². The summed E-state index contributed by atoms with van der Waals surface area (Å²) in [5, 5.41) is 10.9. The maximum Gasteiger partial charge on any atom is 0.110 e. The Labute approximate surface area is 108 Å². The molecule has 1 aromatic heterocycles. The van der Waals surface area contributed by atoms with Crippen LogP contribution in [0.3, 0.4) is 0 Å². The van der Waals surface area contributed by atoms with Gasteiger partial charge in [0.2, 0.25) is 0 Å². The summed E-state index contributed by atoms with van der Waals surface area (Å²) in [4.78, 5) is 6.76. The molecule has 0 spiro atoms. The van der Waals surface area contributed by atoms with Gasteiger partial charge in [-0.3, -0.25) is 9.88 Å². The van der Waals surface area contributed by atoms with Crippen molar-refractivity contribution in [3.8, 4) is 0 Å². The number of hydrogen-bond acceptors (Lipinski definition) is 4. The topological polar surface area (TPSA) is 45.6 Å². The lowest BCUT2D eigenvalue weighted by molar-refractivity contribution is -0.139. The second-order valence-corrected chi connectivity index (χ2v) is 5.67. The summed E-state index contributed by atoms with van der Waals surface area (Å²) in [5.74, 6) is 0. The molecule has 4 nitrogen and oxygen atoms in total. The molecule has 2 atom stereocenters. The van der Waals surface area contributed by atoms with Crippen molar-refractivity contribution in [3.05, 3.63) is 29.6 Å². The van der Waals surface area contributed by atoms with E-state index in [-0.39, 0.29) is 0 Å². The van der Waals surface area contributed by atoms with Gasteiger partial charge in [-0.05, 0) is 38.4 Å². The summed E-state index contributed by atoms with van der Waals surface area (Å²) in [7, 11) is 2.13. The third kappa shape index (κ3) is 1.94. The minimum atomic E-state index is -0.792. The van der Waals surface area contributed by atoms with Gasteiger partial charge in [0.25, 0.3) is 0 Å². The monoisotopic (exact) mass is 248 g/mol. The van der Waals surface area contributed by atoms with E-state index in [1.54, 1.807) is 0 Å². The highest BCUT2D eigenvalue weighted by molar-refractivity contribution is 5.20. The number of aryl methyl sites for hydroxylation is 1. The quantitative estimate of drug-likeness (QED) is 0.807. The largest absolute Gasteiger partial charge is 0.383 e. The summed E-state index contributed by atoms with van der Waals surface area (Å²) >= 11 is 0. The number of nitrogens with zero attached hydrogens (tertiary/aromatic N) is 2. The van der Waals surface area contributed by atoms with E-state index in [0.29, 0.717) is 38.1 Å². The van der Waals surface area contributed by atoms with Crippen LogP contribution in [0.4, 0.5) is 0 Å². The molecule has 1 aromatic rings.